The van der Waals surface area contributed by atoms with Crippen LogP contribution in [0.3, 0.4) is 0 Å². The second-order valence-electron chi connectivity index (χ2n) is 5.66. The summed E-state index contributed by atoms with van der Waals surface area (Å²) in [5, 5.41) is 11.7. The number of nitrogens with zero attached hydrogens (tertiary/aromatic N) is 2. The fourth-order valence-electron chi connectivity index (χ4n) is 2.56. The summed E-state index contributed by atoms with van der Waals surface area (Å²) < 4.78 is 15.9. The van der Waals surface area contributed by atoms with Crippen LogP contribution in [0, 0.1) is 11.3 Å². The van der Waals surface area contributed by atoms with Crippen LogP contribution in [0.5, 0.6) is 11.5 Å². The van der Waals surface area contributed by atoms with E-state index in [9.17, 15) is 4.79 Å². The van der Waals surface area contributed by atoms with E-state index in [2.05, 4.69) is 11.4 Å². The van der Waals surface area contributed by atoms with Crippen LogP contribution in [-0.4, -0.2) is 30.7 Å². The predicted octanol–water partition coefficient (Wildman–Crippen LogP) is 2.04. The molecule has 2 aromatic rings. The molecule has 0 radical (unpaired) electrons. The first-order chi connectivity index (χ1) is 12.2. The molecule has 0 bridgehead atoms. The van der Waals surface area contributed by atoms with Gasteiger partial charge < -0.3 is 19.2 Å². The van der Waals surface area contributed by atoms with E-state index in [1.54, 1.807) is 12.3 Å². The first kappa shape index (κ1) is 16.9. The van der Waals surface area contributed by atoms with E-state index in [0.717, 1.165) is 17.1 Å². The SMILES string of the molecule is N#CCCN(CC(=O)NCc1ccc2c(c1)OCO2)Cc1ccco1. The topological polar surface area (TPSA) is 87.7 Å². The molecule has 0 saturated heterocycles. The molecule has 2 heterocycles. The Kier molecular flexibility index (Phi) is 5.54. The van der Waals surface area contributed by atoms with Crippen LogP contribution in [0.1, 0.15) is 17.7 Å². The Labute approximate surface area is 145 Å². The summed E-state index contributed by atoms with van der Waals surface area (Å²) in [6.07, 6.45) is 1.95. The Bertz CT molecular complexity index is 752. The highest BCUT2D eigenvalue weighted by molar-refractivity contribution is 5.78. The van der Waals surface area contributed by atoms with Crippen LogP contribution >= 0.6 is 0 Å². The van der Waals surface area contributed by atoms with E-state index < -0.39 is 0 Å². The minimum atomic E-state index is -0.109. The lowest BCUT2D eigenvalue weighted by Gasteiger charge is -2.19. The molecule has 0 unspecified atom stereocenters. The van der Waals surface area contributed by atoms with Gasteiger partial charge in [0.15, 0.2) is 11.5 Å². The van der Waals surface area contributed by atoms with Crippen molar-refractivity contribution < 1.29 is 18.7 Å². The second kappa shape index (κ2) is 8.22. The first-order valence-electron chi connectivity index (χ1n) is 8.01. The molecule has 25 heavy (non-hydrogen) atoms. The molecule has 7 heteroatoms. The largest absolute Gasteiger partial charge is 0.468 e. The number of rotatable bonds is 8. The third kappa shape index (κ3) is 4.75. The standard InChI is InChI=1S/C18H19N3O4/c19-6-2-7-21(11-15-3-1-8-23-15)12-18(22)20-10-14-4-5-16-17(9-14)25-13-24-16/h1,3-5,8-9H,2,7,10-13H2,(H,20,22). The van der Waals surface area contributed by atoms with Gasteiger partial charge in [0.2, 0.25) is 12.7 Å². The number of hydrogen-bond acceptors (Lipinski definition) is 6. The van der Waals surface area contributed by atoms with Gasteiger partial charge in [-0.3, -0.25) is 9.69 Å². The molecule has 1 N–H and O–H groups in total. The van der Waals surface area contributed by atoms with Crippen molar-refractivity contribution in [3.05, 3.63) is 47.9 Å². The molecule has 1 aliphatic rings. The van der Waals surface area contributed by atoms with E-state index in [1.807, 2.05) is 29.2 Å². The van der Waals surface area contributed by atoms with Gasteiger partial charge in [0.1, 0.15) is 5.76 Å². The number of amides is 1. The van der Waals surface area contributed by atoms with E-state index in [-0.39, 0.29) is 19.2 Å². The average Bonchev–Trinajstić information content (AvgIpc) is 3.28. The lowest BCUT2D eigenvalue weighted by molar-refractivity contribution is -0.122. The number of carbonyl (C=O) groups excluding carboxylic acids is 1. The Hall–Kier alpha value is -2.98. The highest BCUT2D eigenvalue weighted by Gasteiger charge is 2.15. The zero-order valence-electron chi connectivity index (χ0n) is 13.7. The smallest absolute Gasteiger partial charge is 0.234 e. The third-order valence-electron chi connectivity index (χ3n) is 3.79. The number of fused-ring (bicyclic) bond motifs is 1. The molecule has 0 spiro atoms. The summed E-state index contributed by atoms with van der Waals surface area (Å²) in [6.45, 7) is 1.84. The van der Waals surface area contributed by atoms with Gasteiger partial charge in [0.25, 0.3) is 0 Å². The van der Waals surface area contributed by atoms with Crippen molar-refractivity contribution in [3.63, 3.8) is 0 Å². The van der Waals surface area contributed by atoms with Gasteiger partial charge in [-0.15, -0.1) is 0 Å². The number of hydrogen-bond donors (Lipinski definition) is 1. The van der Waals surface area contributed by atoms with Gasteiger partial charge in [-0.2, -0.15) is 5.26 Å². The van der Waals surface area contributed by atoms with Crippen LogP contribution in [0.15, 0.2) is 41.0 Å². The molecule has 1 aromatic carbocycles. The van der Waals surface area contributed by atoms with Crippen molar-refractivity contribution in [2.45, 2.75) is 19.5 Å². The summed E-state index contributed by atoms with van der Waals surface area (Å²) in [6, 6.07) is 11.3. The molecular formula is C18H19N3O4. The Morgan fingerprint density at radius 2 is 2.16 bits per heavy atom. The Morgan fingerprint density at radius 3 is 2.96 bits per heavy atom. The number of furan rings is 1. The van der Waals surface area contributed by atoms with Crippen molar-refractivity contribution in [1.29, 1.82) is 5.26 Å². The van der Waals surface area contributed by atoms with Crippen LogP contribution in [0.2, 0.25) is 0 Å². The molecule has 0 fully saturated rings. The molecule has 7 nitrogen and oxygen atoms in total. The average molecular weight is 341 g/mol. The van der Waals surface area contributed by atoms with Gasteiger partial charge in [0, 0.05) is 19.5 Å². The van der Waals surface area contributed by atoms with Gasteiger partial charge >= 0.3 is 0 Å². The van der Waals surface area contributed by atoms with Crippen LogP contribution in [0.4, 0.5) is 0 Å². The lowest BCUT2D eigenvalue weighted by atomic mass is 10.2. The molecule has 130 valence electrons. The molecule has 1 aromatic heterocycles. The van der Waals surface area contributed by atoms with E-state index >= 15 is 0 Å². The molecule has 0 atom stereocenters. The maximum absolute atomic E-state index is 12.2. The van der Waals surface area contributed by atoms with Crippen molar-refractivity contribution >= 4 is 5.91 Å². The monoisotopic (exact) mass is 341 g/mol. The predicted molar refractivity (Wildman–Crippen MR) is 88.6 cm³/mol. The minimum Gasteiger partial charge on any atom is -0.468 e. The zero-order chi connectivity index (χ0) is 17.5. The second-order valence-corrected chi connectivity index (χ2v) is 5.66. The molecule has 0 aliphatic carbocycles. The van der Waals surface area contributed by atoms with Crippen LogP contribution < -0.4 is 14.8 Å². The van der Waals surface area contributed by atoms with Crippen molar-refractivity contribution in [2.75, 3.05) is 19.9 Å². The molecular weight excluding hydrogens is 322 g/mol. The maximum Gasteiger partial charge on any atom is 0.234 e. The zero-order valence-corrected chi connectivity index (χ0v) is 13.7. The molecule has 0 saturated carbocycles. The Morgan fingerprint density at radius 1 is 1.28 bits per heavy atom. The molecule has 3 rings (SSSR count). The number of nitrogens with one attached hydrogen (secondary N) is 1. The van der Waals surface area contributed by atoms with Crippen molar-refractivity contribution in [1.82, 2.24) is 10.2 Å². The first-order valence-corrected chi connectivity index (χ1v) is 8.01. The number of carbonyl (C=O) groups is 1. The summed E-state index contributed by atoms with van der Waals surface area (Å²) in [4.78, 5) is 14.1. The highest BCUT2D eigenvalue weighted by Crippen LogP contribution is 2.32. The molecule has 1 aliphatic heterocycles. The third-order valence-corrected chi connectivity index (χ3v) is 3.79. The summed E-state index contributed by atoms with van der Waals surface area (Å²) in [5.41, 5.74) is 0.937. The van der Waals surface area contributed by atoms with E-state index in [0.29, 0.717) is 31.8 Å². The fraction of sp³-hybridized carbons (Fsp3) is 0.333. The van der Waals surface area contributed by atoms with Crippen LogP contribution in [-0.2, 0) is 17.9 Å². The maximum atomic E-state index is 12.2. The number of ether oxygens (including phenoxy) is 2. The summed E-state index contributed by atoms with van der Waals surface area (Å²) in [7, 11) is 0. The fourth-order valence-corrected chi connectivity index (χ4v) is 2.56. The minimum absolute atomic E-state index is 0.109. The van der Waals surface area contributed by atoms with Gasteiger partial charge in [-0.1, -0.05) is 6.07 Å². The molecule has 1 amide bonds. The van der Waals surface area contributed by atoms with Crippen molar-refractivity contribution in [2.24, 2.45) is 0 Å². The lowest BCUT2D eigenvalue weighted by Crippen LogP contribution is -2.37. The number of nitriles is 1. The summed E-state index contributed by atoms with van der Waals surface area (Å²) >= 11 is 0. The van der Waals surface area contributed by atoms with Crippen molar-refractivity contribution in [3.8, 4) is 17.6 Å². The van der Waals surface area contributed by atoms with E-state index in [4.69, 9.17) is 19.2 Å². The van der Waals surface area contributed by atoms with Gasteiger partial charge in [-0.05, 0) is 29.8 Å². The summed E-state index contributed by atoms with van der Waals surface area (Å²) in [5.74, 6) is 2.07. The van der Waals surface area contributed by atoms with E-state index in [1.165, 1.54) is 0 Å². The van der Waals surface area contributed by atoms with Gasteiger partial charge in [0.05, 0.1) is 25.4 Å². The van der Waals surface area contributed by atoms with Gasteiger partial charge in [-0.25, -0.2) is 0 Å². The number of benzene rings is 1. The Balaban J connectivity index is 1.51. The quantitative estimate of drug-likeness (QED) is 0.790. The normalized spacial score (nSPS) is 12.2. The van der Waals surface area contributed by atoms with Crippen LogP contribution in [0.25, 0.3) is 0 Å². The highest BCUT2D eigenvalue weighted by atomic mass is 16.7.